The summed E-state index contributed by atoms with van der Waals surface area (Å²) in [7, 11) is 0. The number of fused-ring (bicyclic) bond motifs is 5. The van der Waals surface area contributed by atoms with Crippen molar-refractivity contribution in [2.75, 3.05) is 6.54 Å². The monoisotopic (exact) mass is 501 g/mol. The second-order valence-corrected chi connectivity index (χ2v) is 9.67. The smallest absolute Gasteiger partial charge is 0.274 e. The number of nitrogens with zero attached hydrogens (tertiary/aromatic N) is 4. The highest BCUT2D eigenvalue weighted by Gasteiger charge is 2.53. The Morgan fingerprint density at radius 2 is 2.08 bits per heavy atom. The van der Waals surface area contributed by atoms with Crippen LogP contribution in [0.15, 0.2) is 22.3 Å². The van der Waals surface area contributed by atoms with Gasteiger partial charge in [0.25, 0.3) is 11.8 Å². The number of amides is 2. The van der Waals surface area contributed by atoms with Crippen LogP contribution in [-0.2, 0) is 11.4 Å². The first-order valence-electron chi connectivity index (χ1n) is 11.6. The van der Waals surface area contributed by atoms with E-state index >= 15 is 0 Å². The molecule has 5 rings (SSSR count). The molecule has 1 fully saturated rings. The molecule has 1 spiro atoms. The number of carbonyl (C=O) groups is 2. The molecule has 0 unspecified atom stereocenters. The first-order valence-corrected chi connectivity index (χ1v) is 11.6. The second kappa shape index (κ2) is 8.38. The Kier molecular flexibility index (Phi) is 5.56. The number of carbonyl (C=O) groups excluding carboxylic acids is 2. The van der Waals surface area contributed by atoms with Crippen molar-refractivity contribution < 1.29 is 28.3 Å². The fraction of sp³-hybridized carbons (Fsp3) is 0.458. The lowest BCUT2D eigenvalue weighted by molar-refractivity contribution is -0.0655. The maximum Gasteiger partial charge on any atom is 0.274 e. The van der Waals surface area contributed by atoms with Gasteiger partial charge in [0, 0.05) is 30.8 Å². The third-order valence-electron chi connectivity index (χ3n) is 7.38. The molecule has 190 valence electrons. The lowest BCUT2D eigenvalue weighted by Crippen LogP contribution is -2.52. The van der Waals surface area contributed by atoms with Crippen LogP contribution in [0.4, 0.5) is 8.78 Å². The molecule has 0 saturated carbocycles. The summed E-state index contributed by atoms with van der Waals surface area (Å²) in [6.07, 6.45) is 3.78. The minimum atomic E-state index is -1.03. The van der Waals surface area contributed by atoms with Crippen molar-refractivity contribution in [3.63, 3.8) is 0 Å². The molecule has 2 amide bonds. The second-order valence-electron chi connectivity index (χ2n) is 9.67. The molecule has 0 aromatic carbocycles. The number of halogens is 2. The SMILES string of the molecule is CC1=NO[C@@]2(CC[C@H](C)N3C[C@H]2n2cc(C(=O)NCc4ncc(F)c(C)c4F)c(=O)c(O)c2C3=O)C1. The number of rotatable bonds is 3. The van der Waals surface area contributed by atoms with Crippen molar-refractivity contribution in [2.45, 2.75) is 64.3 Å². The molecule has 2 aromatic heterocycles. The van der Waals surface area contributed by atoms with Crippen LogP contribution in [0.1, 0.15) is 71.3 Å². The van der Waals surface area contributed by atoms with Gasteiger partial charge in [-0.05, 0) is 33.6 Å². The van der Waals surface area contributed by atoms with Crippen molar-refractivity contribution >= 4 is 17.5 Å². The average Bonchev–Trinajstić information content (AvgIpc) is 3.18. The summed E-state index contributed by atoms with van der Waals surface area (Å²) in [6.45, 7) is 4.81. The molecular formula is C24H25F2N5O5. The Morgan fingerprint density at radius 1 is 1.33 bits per heavy atom. The molecular weight excluding hydrogens is 476 g/mol. The Balaban J connectivity index is 1.54. The minimum Gasteiger partial charge on any atom is -0.503 e. The molecule has 2 aromatic rings. The van der Waals surface area contributed by atoms with E-state index in [1.54, 1.807) is 4.90 Å². The number of pyridine rings is 2. The van der Waals surface area contributed by atoms with Gasteiger partial charge < -0.3 is 24.7 Å². The van der Waals surface area contributed by atoms with Crippen molar-refractivity contribution in [3.8, 4) is 5.75 Å². The molecule has 10 nitrogen and oxygen atoms in total. The molecule has 3 aliphatic heterocycles. The standard InChI is InChI=1S/C24H25F2N5O5/c1-11-6-24(36-29-11)5-4-12(2)30-10-17(24)31-9-14(20(32)21(33)19(31)23(30)35)22(34)28-8-16-18(26)13(3)15(25)7-27-16/h7,9,12,17,33H,4-6,8,10H2,1-3H3,(H,28,34)/t12-,17+,24-/m0/s1. The van der Waals surface area contributed by atoms with Gasteiger partial charge in [0.05, 0.1) is 30.2 Å². The summed E-state index contributed by atoms with van der Waals surface area (Å²) >= 11 is 0. The van der Waals surface area contributed by atoms with E-state index in [1.165, 1.54) is 17.7 Å². The van der Waals surface area contributed by atoms with Gasteiger partial charge in [-0.15, -0.1) is 0 Å². The van der Waals surface area contributed by atoms with Gasteiger partial charge in [-0.2, -0.15) is 0 Å². The van der Waals surface area contributed by atoms with E-state index in [-0.39, 0.29) is 29.5 Å². The van der Waals surface area contributed by atoms with E-state index in [1.807, 2.05) is 13.8 Å². The first-order chi connectivity index (χ1) is 17.0. The van der Waals surface area contributed by atoms with Crippen LogP contribution in [0.2, 0.25) is 0 Å². The van der Waals surface area contributed by atoms with E-state index in [4.69, 9.17) is 4.84 Å². The van der Waals surface area contributed by atoms with E-state index in [9.17, 15) is 28.3 Å². The van der Waals surface area contributed by atoms with E-state index in [0.29, 0.717) is 19.3 Å². The third kappa shape index (κ3) is 3.54. The Hall–Kier alpha value is -3.83. The van der Waals surface area contributed by atoms with Crippen LogP contribution in [0.25, 0.3) is 0 Å². The van der Waals surface area contributed by atoms with Gasteiger partial charge in [0.15, 0.2) is 22.9 Å². The van der Waals surface area contributed by atoms with Crippen LogP contribution in [0, 0.1) is 18.6 Å². The lowest BCUT2D eigenvalue weighted by Gasteiger charge is -2.41. The van der Waals surface area contributed by atoms with Gasteiger partial charge in [0.1, 0.15) is 11.4 Å². The number of aromatic hydroxyl groups is 1. The predicted octanol–water partition coefficient (Wildman–Crippen LogP) is 2.18. The van der Waals surface area contributed by atoms with Crippen LogP contribution >= 0.6 is 0 Å². The van der Waals surface area contributed by atoms with Gasteiger partial charge in [0.2, 0.25) is 5.43 Å². The fourth-order valence-corrected chi connectivity index (χ4v) is 5.28. The maximum absolute atomic E-state index is 14.3. The van der Waals surface area contributed by atoms with E-state index < -0.39 is 58.4 Å². The molecule has 0 aliphatic carbocycles. The fourth-order valence-electron chi connectivity index (χ4n) is 5.28. The van der Waals surface area contributed by atoms with Crippen LogP contribution in [0.5, 0.6) is 5.75 Å². The Labute approximate surface area is 204 Å². The number of aromatic nitrogens is 2. The number of nitrogens with one attached hydrogen (secondary N) is 1. The highest BCUT2D eigenvalue weighted by atomic mass is 19.1. The quantitative estimate of drug-likeness (QED) is 0.664. The lowest BCUT2D eigenvalue weighted by atomic mass is 9.84. The van der Waals surface area contributed by atoms with Gasteiger partial charge in [-0.25, -0.2) is 8.78 Å². The normalized spacial score (nSPS) is 24.8. The molecule has 2 N–H and O–H groups in total. The van der Waals surface area contributed by atoms with Crippen LogP contribution in [0.3, 0.4) is 0 Å². The number of hydrogen-bond acceptors (Lipinski definition) is 7. The van der Waals surface area contributed by atoms with Crippen LogP contribution in [-0.4, -0.2) is 55.3 Å². The molecule has 5 heterocycles. The van der Waals surface area contributed by atoms with Crippen molar-refractivity contribution in [3.05, 3.63) is 56.8 Å². The zero-order chi connectivity index (χ0) is 25.9. The molecule has 3 aliphatic rings. The molecule has 12 heteroatoms. The summed E-state index contributed by atoms with van der Waals surface area (Å²) in [5.74, 6) is -3.99. The summed E-state index contributed by atoms with van der Waals surface area (Å²) in [5, 5.41) is 17.3. The van der Waals surface area contributed by atoms with Crippen LogP contribution < -0.4 is 10.7 Å². The van der Waals surface area contributed by atoms with Crippen molar-refractivity contribution in [2.24, 2.45) is 5.16 Å². The van der Waals surface area contributed by atoms with Crippen molar-refractivity contribution in [1.82, 2.24) is 19.8 Å². The molecule has 3 atom stereocenters. The highest BCUT2D eigenvalue weighted by molar-refractivity contribution is 5.99. The van der Waals surface area contributed by atoms with Gasteiger partial charge in [-0.1, -0.05) is 5.16 Å². The predicted molar refractivity (Wildman–Crippen MR) is 123 cm³/mol. The summed E-state index contributed by atoms with van der Waals surface area (Å²) < 4.78 is 29.3. The van der Waals surface area contributed by atoms with Crippen molar-refractivity contribution in [1.29, 1.82) is 0 Å². The first kappa shape index (κ1) is 23.9. The highest BCUT2D eigenvalue weighted by Crippen LogP contribution is 2.46. The van der Waals surface area contributed by atoms with Gasteiger partial charge >= 0.3 is 0 Å². The molecule has 36 heavy (non-hydrogen) atoms. The van der Waals surface area contributed by atoms with E-state index in [2.05, 4.69) is 15.5 Å². The molecule has 2 bridgehead atoms. The number of hydrogen-bond donors (Lipinski definition) is 2. The molecule has 1 saturated heterocycles. The minimum absolute atomic E-state index is 0.156. The Bertz CT molecular complexity index is 1390. The summed E-state index contributed by atoms with van der Waals surface area (Å²) in [4.78, 5) is 50.4. The third-order valence-corrected chi connectivity index (χ3v) is 7.38. The largest absolute Gasteiger partial charge is 0.503 e. The topological polar surface area (TPSA) is 126 Å². The van der Waals surface area contributed by atoms with E-state index in [0.717, 1.165) is 11.9 Å². The Morgan fingerprint density at radius 3 is 2.78 bits per heavy atom. The maximum atomic E-state index is 14.3. The zero-order valence-corrected chi connectivity index (χ0v) is 20.0. The summed E-state index contributed by atoms with van der Waals surface area (Å²) in [5.41, 5.74) is -2.16. The molecule has 0 radical (unpaired) electrons. The zero-order valence-electron chi connectivity index (χ0n) is 20.0. The number of oxime groups is 1. The average molecular weight is 501 g/mol. The summed E-state index contributed by atoms with van der Waals surface area (Å²) in [6, 6.07) is -0.676. The van der Waals surface area contributed by atoms with Gasteiger partial charge in [-0.3, -0.25) is 19.4 Å².